The molecule has 5 heterocycles. The maximum Gasteiger partial charge on any atom is 0.272 e. The minimum atomic E-state index is -0.137. The predicted octanol–water partition coefficient (Wildman–Crippen LogP) is 3.25. The van der Waals surface area contributed by atoms with E-state index in [0.29, 0.717) is 30.5 Å². The Morgan fingerprint density at radius 1 is 1.00 bits per heavy atom. The van der Waals surface area contributed by atoms with Gasteiger partial charge in [0.2, 0.25) is 11.7 Å². The Morgan fingerprint density at radius 3 is 2.58 bits per heavy atom. The van der Waals surface area contributed by atoms with Crippen molar-refractivity contribution in [2.45, 2.75) is 18.8 Å². The maximum absolute atomic E-state index is 13.1. The highest BCUT2D eigenvalue weighted by molar-refractivity contribution is 5.92. The first kappa shape index (κ1) is 19.0. The molecule has 8 heteroatoms. The summed E-state index contributed by atoms with van der Waals surface area (Å²) in [5.41, 5.74) is 3.30. The van der Waals surface area contributed by atoms with Crippen molar-refractivity contribution < 1.29 is 9.32 Å². The van der Waals surface area contributed by atoms with Crippen LogP contribution in [0.5, 0.6) is 0 Å². The number of likely N-dealkylation sites (tertiary alicyclic amines) is 1. The second-order valence-electron chi connectivity index (χ2n) is 7.62. The molecule has 5 rings (SSSR count). The van der Waals surface area contributed by atoms with Gasteiger partial charge in [-0.3, -0.25) is 19.7 Å². The lowest BCUT2D eigenvalue weighted by Crippen LogP contribution is -2.29. The Bertz CT molecular complexity index is 1180. The molecule has 2 atom stereocenters. The molecule has 1 saturated heterocycles. The van der Waals surface area contributed by atoms with Crippen LogP contribution in [0.3, 0.4) is 0 Å². The second kappa shape index (κ2) is 8.06. The summed E-state index contributed by atoms with van der Waals surface area (Å²) in [6.07, 6.45) is 8.65. The van der Waals surface area contributed by atoms with E-state index >= 15 is 0 Å². The van der Waals surface area contributed by atoms with Crippen LogP contribution in [0.1, 0.15) is 39.3 Å². The Hall–Kier alpha value is -3.94. The standard InChI is InChI=1S/C23H20N6O2/c1-15-4-5-20(26-11-15)23(30)29-13-18(17-3-2-8-25-12-17)19(14-29)22-27-21(28-31-22)16-6-9-24-10-7-16/h2-12,18-19H,13-14H2,1H3/t18-,19+/m0/s1. The van der Waals surface area contributed by atoms with Gasteiger partial charge in [-0.25, -0.2) is 0 Å². The summed E-state index contributed by atoms with van der Waals surface area (Å²) in [4.78, 5) is 32.1. The lowest BCUT2D eigenvalue weighted by atomic mass is 9.90. The summed E-state index contributed by atoms with van der Waals surface area (Å²) < 4.78 is 5.65. The summed E-state index contributed by atoms with van der Waals surface area (Å²) in [5, 5.41) is 4.15. The van der Waals surface area contributed by atoms with Crippen molar-refractivity contribution in [2.75, 3.05) is 13.1 Å². The van der Waals surface area contributed by atoms with Gasteiger partial charge >= 0.3 is 0 Å². The van der Waals surface area contributed by atoms with Crippen molar-refractivity contribution in [3.8, 4) is 11.4 Å². The quantitative estimate of drug-likeness (QED) is 0.507. The molecular weight excluding hydrogens is 392 g/mol. The smallest absolute Gasteiger partial charge is 0.272 e. The zero-order valence-corrected chi connectivity index (χ0v) is 16.9. The summed E-state index contributed by atoms with van der Waals surface area (Å²) in [6.45, 7) is 2.94. The first-order valence-electron chi connectivity index (χ1n) is 10.0. The topological polar surface area (TPSA) is 97.9 Å². The van der Waals surface area contributed by atoms with E-state index in [-0.39, 0.29) is 17.7 Å². The molecule has 0 spiro atoms. The van der Waals surface area contributed by atoms with Crippen molar-refractivity contribution >= 4 is 5.91 Å². The molecule has 4 aromatic rings. The lowest BCUT2D eigenvalue weighted by molar-refractivity contribution is 0.0782. The van der Waals surface area contributed by atoms with Gasteiger partial charge in [0.1, 0.15) is 5.69 Å². The molecule has 0 bridgehead atoms. The van der Waals surface area contributed by atoms with E-state index in [9.17, 15) is 4.79 Å². The van der Waals surface area contributed by atoms with Crippen LogP contribution in [-0.2, 0) is 0 Å². The van der Waals surface area contributed by atoms with E-state index in [1.807, 2.05) is 43.5 Å². The van der Waals surface area contributed by atoms with Crippen molar-refractivity contribution in [2.24, 2.45) is 0 Å². The SMILES string of the molecule is Cc1ccc(C(=O)N2C[C@@H](c3cccnc3)[C@H](c3nc(-c4ccncc4)no3)C2)nc1. The van der Waals surface area contributed by atoms with Gasteiger partial charge in [0.15, 0.2) is 0 Å². The number of pyridine rings is 3. The lowest BCUT2D eigenvalue weighted by Gasteiger charge is -2.16. The van der Waals surface area contributed by atoms with Crippen LogP contribution in [0.15, 0.2) is 71.9 Å². The average molecular weight is 412 g/mol. The molecule has 8 nitrogen and oxygen atoms in total. The molecule has 0 aliphatic carbocycles. The van der Waals surface area contributed by atoms with Crippen LogP contribution >= 0.6 is 0 Å². The van der Waals surface area contributed by atoms with E-state index in [0.717, 1.165) is 16.7 Å². The van der Waals surface area contributed by atoms with Gasteiger partial charge in [-0.2, -0.15) is 4.98 Å². The number of nitrogens with zero attached hydrogens (tertiary/aromatic N) is 6. The fourth-order valence-electron chi connectivity index (χ4n) is 3.91. The number of aromatic nitrogens is 5. The van der Waals surface area contributed by atoms with Crippen LogP contribution in [0, 0.1) is 6.92 Å². The Kier molecular flexibility index (Phi) is 4.95. The van der Waals surface area contributed by atoms with Crippen molar-refractivity contribution in [3.63, 3.8) is 0 Å². The normalized spacial score (nSPS) is 18.3. The first-order valence-corrected chi connectivity index (χ1v) is 10.0. The minimum Gasteiger partial charge on any atom is -0.339 e. The highest BCUT2D eigenvalue weighted by Gasteiger charge is 2.41. The van der Waals surface area contributed by atoms with Crippen molar-refractivity contribution in [1.82, 2.24) is 30.0 Å². The van der Waals surface area contributed by atoms with Crippen molar-refractivity contribution in [1.29, 1.82) is 0 Å². The Morgan fingerprint density at radius 2 is 1.84 bits per heavy atom. The molecule has 31 heavy (non-hydrogen) atoms. The van der Waals surface area contributed by atoms with Gasteiger partial charge in [0.25, 0.3) is 5.91 Å². The van der Waals surface area contributed by atoms with Gasteiger partial charge in [0, 0.05) is 55.6 Å². The summed E-state index contributed by atoms with van der Waals surface area (Å²) >= 11 is 0. The number of hydrogen-bond donors (Lipinski definition) is 0. The number of hydrogen-bond acceptors (Lipinski definition) is 7. The van der Waals surface area contributed by atoms with E-state index in [1.165, 1.54) is 0 Å². The minimum absolute atomic E-state index is 0.00571. The molecule has 1 aliphatic heterocycles. The van der Waals surface area contributed by atoms with E-state index in [2.05, 4.69) is 25.1 Å². The van der Waals surface area contributed by atoms with Crippen LogP contribution < -0.4 is 0 Å². The molecule has 1 amide bonds. The zero-order chi connectivity index (χ0) is 21.2. The zero-order valence-electron chi connectivity index (χ0n) is 16.9. The highest BCUT2D eigenvalue weighted by atomic mass is 16.5. The molecular formula is C23H20N6O2. The fourth-order valence-corrected chi connectivity index (χ4v) is 3.91. The molecule has 0 radical (unpaired) electrons. The highest BCUT2D eigenvalue weighted by Crippen LogP contribution is 2.39. The van der Waals surface area contributed by atoms with Gasteiger partial charge in [-0.1, -0.05) is 17.3 Å². The van der Waals surface area contributed by atoms with Gasteiger partial charge in [-0.15, -0.1) is 0 Å². The maximum atomic E-state index is 13.1. The number of aryl methyl sites for hydroxylation is 1. The summed E-state index contributed by atoms with van der Waals surface area (Å²) in [7, 11) is 0. The summed E-state index contributed by atoms with van der Waals surface area (Å²) in [6, 6.07) is 11.2. The molecule has 0 saturated carbocycles. The van der Waals surface area contributed by atoms with Gasteiger partial charge < -0.3 is 9.42 Å². The number of rotatable bonds is 4. The third-order valence-corrected chi connectivity index (χ3v) is 5.55. The molecule has 0 aromatic carbocycles. The first-order chi connectivity index (χ1) is 15.2. The molecule has 1 aliphatic rings. The van der Waals surface area contributed by atoms with Crippen LogP contribution in [0.25, 0.3) is 11.4 Å². The van der Waals surface area contributed by atoms with E-state index < -0.39 is 0 Å². The second-order valence-corrected chi connectivity index (χ2v) is 7.62. The predicted molar refractivity (Wildman–Crippen MR) is 112 cm³/mol. The molecule has 1 fully saturated rings. The number of carbonyl (C=O) groups excluding carboxylic acids is 1. The van der Waals surface area contributed by atoms with Crippen LogP contribution in [0.4, 0.5) is 0 Å². The monoisotopic (exact) mass is 412 g/mol. The van der Waals surface area contributed by atoms with Crippen LogP contribution in [0.2, 0.25) is 0 Å². The molecule has 4 aromatic heterocycles. The molecule has 154 valence electrons. The Labute approximate surface area is 179 Å². The third-order valence-electron chi connectivity index (χ3n) is 5.55. The van der Waals surface area contributed by atoms with Gasteiger partial charge in [-0.05, 0) is 42.3 Å². The van der Waals surface area contributed by atoms with E-state index in [4.69, 9.17) is 4.52 Å². The average Bonchev–Trinajstić information content (AvgIpc) is 3.48. The molecule has 0 unspecified atom stereocenters. The molecule has 0 N–H and O–H groups in total. The summed E-state index contributed by atoms with van der Waals surface area (Å²) in [5.74, 6) is 0.765. The number of carbonyl (C=O) groups is 1. The van der Waals surface area contributed by atoms with Gasteiger partial charge in [0.05, 0.1) is 5.92 Å². The van der Waals surface area contributed by atoms with E-state index in [1.54, 1.807) is 35.8 Å². The van der Waals surface area contributed by atoms with Crippen molar-refractivity contribution in [3.05, 3.63) is 90.1 Å². The number of amides is 1. The largest absolute Gasteiger partial charge is 0.339 e. The fraction of sp³-hybridized carbons (Fsp3) is 0.217. The third kappa shape index (κ3) is 3.79. The Balaban J connectivity index is 1.46. The van der Waals surface area contributed by atoms with Crippen LogP contribution in [-0.4, -0.2) is 49.0 Å².